The lowest BCUT2D eigenvalue weighted by molar-refractivity contribution is -0.114. The van der Waals surface area contributed by atoms with E-state index in [9.17, 15) is 28.4 Å². The third kappa shape index (κ3) is 6.10. The van der Waals surface area contributed by atoms with Gasteiger partial charge in [-0.1, -0.05) is 30.3 Å². The zero-order valence-electron chi connectivity index (χ0n) is 22.7. The Morgan fingerprint density at radius 1 is 0.900 bits per heavy atom. The molecular weight excluding hydrogens is 516 g/mol. The number of carbonyl (C=O) groups is 3. The van der Waals surface area contributed by atoms with Gasteiger partial charge in [-0.15, -0.1) is 0 Å². The summed E-state index contributed by atoms with van der Waals surface area (Å²) >= 11 is 0. The van der Waals surface area contributed by atoms with E-state index in [1.165, 1.54) is 44.2 Å². The van der Waals surface area contributed by atoms with Crippen LogP contribution < -0.4 is 16.1 Å². The van der Waals surface area contributed by atoms with Crippen LogP contribution in [0.1, 0.15) is 64.1 Å². The SMILES string of the molecule is CC(=O)c1cc(C(=O)N/C(C)=C(\NO)C(=O)Nc2cccc(C(F)(F)C3CC3)c2)cc(-c2c(C)cccc2C)c1. The number of amides is 2. The van der Waals surface area contributed by atoms with Gasteiger partial charge in [0.1, 0.15) is 5.70 Å². The Balaban J connectivity index is 1.59. The van der Waals surface area contributed by atoms with Crippen molar-refractivity contribution in [1.82, 2.24) is 10.8 Å². The van der Waals surface area contributed by atoms with E-state index in [1.807, 2.05) is 32.0 Å². The number of anilines is 1. The first-order valence-corrected chi connectivity index (χ1v) is 12.9. The number of hydrogen-bond donors (Lipinski definition) is 4. The molecule has 0 bridgehead atoms. The summed E-state index contributed by atoms with van der Waals surface area (Å²) in [7, 11) is 0. The molecule has 3 aromatic rings. The highest BCUT2D eigenvalue weighted by Gasteiger charge is 2.47. The summed E-state index contributed by atoms with van der Waals surface area (Å²) in [5.74, 6) is -5.38. The number of allylic oxidation sites excluding steroid dienone is 1. The highest BCUT2D eigenvalue weighted by Crippen LogP contribution is 2.49. The second-order valence-corrected chi connectivity index (χ2v) is 10.1. The molecule has 0 radical (unpaired) electrons. The van der Waals surface area contributed by atoms with E-state index in [-0.39, 0.29) is 34.0 Å². The van der Waals surface area contributed by atoms with Gasteiger partial charge < -0.3 is 10.6 Å². The van der Waals surface area contributed by atoms with Crippen LogP contribution in [0.4, 0.5) is 14.5 Å². The highest BCUT2D eigenvalue weighted by molar-refractivity contribution is 6.05. The first-order valence-electron chi connectivity index (χ1n) is 12.9. The summed E-state index contributed by atoms with van der Waals surface area (Å²) in [5.41, 5.74) is 5.35. The molecule has 0 unspecified atom stereocenters. The van der Waals surface area contributed by atoms with Crippen molar-refractivity contribution < 1.29 is 28.4 Å². The van der Waals surface area contributed by atoms with Crippen molar-refractivity contribution in [3.05, 3.63) is 99.9 Å². The van der Waals surface area contributed by atoms with Gasteiger partial charge in [-0.25, -0.2) is 8.78 Å². The largest absolute Gasteiger partial charge is 0.324 e. The van der Waals surface area contributed by atoms with Crippen LogP contribution in [0.15, 0.2) is 72.1 Å². The quantitative estimate of drug-likeness (QED) is 0.144. The van der Waals surface area contributed by atoms with Crippen molar-refractivity contribution in [2.75, 3.05) is 5.32 Å². The van der Waals surface area contributed by atoms with E-state index in [4.69, 9.17) is 0 Å². The Hall–Kier alpha value is -4.37. The maximum absolute atomic E-state index is 14.5. The Labute approximate surface area is 231 Å². The molecule has 4 N–H and O–H groups in total. The summed E-state index contributed by atoms with van der Waals surface area (Å²) < 4.78 is 29.1. The highest BCUT2D eigenvalue weighted by atomic mass is 19.3. The van der Waals surface area contributed by atoms with Crippen molar-refractivity contribution in [3.8, 4) is 11.1 Å². The van der Waals surface area contributed by atoms with Crippen molar-refractivity contribution in [3.63, 3.8) is 0 Å². The Morgan fingerprint density at radius 3 is 2.12 bits per heavy atom. The molecule has 2 amide bonds. The van der Waals surface area contributed by atoms with Crippen LogP contribution in [0.3, 0.4) is 0 Å². The molecule has 0 aromatic heterocycles. The molecule has 0 saturated heterocycles. The molecule has 1 aliphatic carbocycles. The van der Waals surface area contributed by atoms with Crippen LogP contribution in [-0.2, 0) is 10.7 Å². The second kappa shape index (κ2) is 11.4. The molecule has 0 heterocycles. The predicted octanol–water partition coefficient (Wildman–Crippen LogP) is 6.25. The Morgan fingerprint density at radius 2 is 1.52 bits per heavy atom. The summed E-state index contributed by atoms with van der Waals surface area (Å²) in [6.07, 6.45) is 0.899. The normalized spacial score (nSPS) is 13.8. The van der Waals surface area contributed by atoms with E-state index >= 15 is 0 Å². The zero-order valence-corrected chi connectivity index (χ0v) is 22.7. The number of carbonyl (C=O) groups excluding carboxylic acids is 3. The van der Waals surface area contributed by atoms with Gasteiger partial charge in [0.05, 0.1) is 0 Å². The van der Waals surface area contributed by atoms with Gasteiger partial charge in [0.2, 0.25) is 0 Å². The lowest BCUT2D eigenvalue weighted by atomic mass is 9.92. The molecule has 9 heteroatoms. The van der Waals surface area contributed by atoms with Crippen LogP contribution in [0.5, 0.6) is 0 Å². The number of ketones is 1. The Kier molecular flexibility index (Phi) is 8.16. The van der Waals surface area contributed by atoms with Gasteiger partial charge in [-0.3, -0.25) is 25.1 Å². The summed E-state index contributed by atoms with van der Waals surface area (Å²) in [4.78, 5) is 38.4. The zero-order chi connectivity index (χ0) is 29.2. The second-order valence-electron chi connectivity index (χ2n) is 10.1. The van der Waals surface area contributed by atoms with Crippen molar-refractivity contribution in [1.29, 1.82) is 0 Å². The molecule has 7 nitrogen and oxygen atoms in total. The minimum atomic E-state index is -3.00. The number of benzene rings is 3. The lowest BCUT2D eigenvalue weighted by Crippen LogP contribution is -2.31. The van der Waals surface area contributed by atoms with Crippen molar-refractivity contribution in [2.24, 2.45) is 5.92 Å². The van der Waals surface area contributed by atoms with E-state index in [0.717, 1.165) is 16.7 Å². The third-order valence-corrected chi connectivity index (χ3v) is 6.98. The van der Waals surface area contributed by atoms with E-state index in [1.54, 1.807) is 17.6 Å². The third-order valence-electron chi connectivity index (χ3n) is 6.98. The number of nitrogens with one attached hydrogen (secondary N) is 3. The fourth-order valence-corrected chi connectivity index (χ4v) is 4.67. The molecule has 1 saturated carbocycles. The van der Waals surface area contributed by atoms with Crippen LogP contribution in [0, 0.1) is 19.8 Å². The minimum Gasteiger partial charge on any atom is -0.324 e. The summed E-state index contributed by atoms with van der Waals surface area (Å²) in [5, 5.41) is 14.7. The molecular formula is C31H31F2N3O4. The van der Waals surface area contributed by atoms with Crippen LogP contribution in [0.2, 0.25) is 0 Å². The van der Waals surface area contributed by atoms with E-state index in [2.05, 4.69) is 10.6 Å². The van der Waals surface area contributed by atoms with Crippen LogP contribution >= 0.6 is 0 Å². The van der Waals surface area contributed by atoms with Gasteiger partial charge in [-0.05, 0) is 93.1 Å². The molecule has 40 heavy (non-hydrogen) atoms. The van der Waals surface area contributed by atoms with E-state index in [0.29, 0.717) is 24.0 Å². The van der Waals surface area contributed by atoms with Crippen molar-refractivity contribution in [2.45, 2.75) is 46.5 Å². The Bertz CT molecular complexity index is 1510. The fourth-order valence-electron chi connectivity index (χ4n) is 4.67. The van der Waals surface area contributed by atoms with Crippen molar-refractivity contribution >= 4 is 23.3 Å². The van der Waals surface area contributed by atoms with Gasteiger partial charge in [0.15, 0.2) is 5.78 Å². The molecule has 0 aliphatic heterocycles. The number of hydrogen-bond acceptors (Lipinski definition) is 5. The first-order chi connectivity index (χ1) is 18.9. The van der Waals surface area contributed by atoms with Gasteiger partial charge in [-0.2, -0.15) is 0 Å². The number of rotatable bonds is 9. The smallest absolute Gasteiger partial charge is 0.276 e. The standard InChI is InChI=1S/C31H31F2N3O4/c1-17-7-5-8-18(2)27(17)22-13-21(20(4)37)14-23(15-22)29(38)34-19(3)28(36-40)30(39)35-26-10-6-9-25(16-26)31(32,33)24-11-12-24/h5-10,13-16,24,36,40H,11-12H2,1-4H3,(H,34,38)(H,35,39)/b28-19-. The minimum absolute atomic E-state index is 0.0219. The fraction of sp³-hybridized carbons (Fsp3) is 0.258. The molecule has 4 rings (SSSR count). The molecule has 0 spiro atoms. The molecule has 3 aromatic carbocycles. The maximum atomic E-state index is 14.5. The number of halogens is 2. The maximum Gasteiger partial charge on any atom is 0.276 e. The molecule has 208 valence electrons. The van der Waals surface area contributed by atoms with Crippen LogP contribution in [-0.4, -0.2) is 22.8 Å². The van der Waals surface area contributed by atoms with Gasteiger partial charge in [0, 0.05) is 34.0 Å². The number of aryl methyl sites for hydroxylation is 2. The predicted molar refractivity (Wildman–Crippen MR) is 148 cm³/mol. The molecule has 0 atom stereocenters. The average molecular weight is 548 g/mol. The number of hydroxylamine groups is 1. The monoisotopic (exact) mass is 547 g/mol. The van der Waals surface area contributed by atoms with E-state index < -0.39 is 23.7 Å². The first kappa shape index (κ1) is 28.6. The summed E-state index contributed by atoms with van der Waals surface area (Å²) in [6.45, 7) is 6.69. The topological polar surface area (TPSA) is 108 Å². The lowest BCUT2D eigenvalue weighted by Gasteiger charge is -2.18. The number of alkyl halides is 2. The molecule has 1 aliphatic rings. The average Bonchev–Trinajstić information content (AvgIpc) is 3.75. The van der Waals surface area contributed by atoms with Gasteiger partial charge in [0.25, 0.3) is 17.7 Å². The summed E-state index contributed by atoms with van der Waals surface area (Å²) in [6, 6.07) is 16.0. The number of Topliss-reactive ketones (excluding diaryl/α,β-unsaturated/α-hetero) is 1. The molecule has 1 fully saturated rings. The van der Waals surface area contributed by atoms with Gasteiger partial charge >= 0.3 is 0 Å². The van der Waals surface area contributed by atoms with Crippen LogP contribution in [0.25, 0.3) is 11.1 Å².